The van der Waals surface area contributed by atoms with Gasteiger partial charge >= 0.3 is 5.76 Å². The number of sulfonamides is 1. The summed E-state index contributed by atoms with van der Waals surface area (Å²) in [4.78, 5) is 16.5. The van der Waals surface area contributed by atoms with Crippen LogP contribution in [0.25, 0.3) is 11.1 Å². The van der Waals surface area contributed by atoms with Gasteiger partial charge in [0.2, 0.25) is 15.9 Å². The van der Waals surface area contributed by atoms with E-state index in [0.29, 0.717) is 29.6 Å². The Morgan fingerprint density at radius 1 is 1.24 bits per heavy atom. The zero-order chi connectivity index (χ0) is 20.6. The quantitative estimate of drug-likeness (QED) is 0.650. The van der Waals surface area contributed by atoms with Crippen LogP contribution in [-0.2, 0) is 23.0 Å². The molecule has 1 aliphatic carbocycles. The van der Waals surface area contributed by atoms with Crippen LogP contribution in [0.3, 0.4) is 0 Å². The van der Waals surface area contributed by atoms with Crippen molar-refractivity contribution in [3.63, 3.8) is 0 Å². The van der Waals surface area contributed by atoms with E-state index < -0.39 is 15.8 Å². The monoisotopic (exact) mass is 420 g/mol. The van der Waals surface area contributed by atoms with Gasteiger partial charge in [-0.2, -0.15) is 4.98 Å². The maximum Gasteiger partial charge on any atom is 0.420 e. The minimum absolute atomic E-state index is 0.0606. The van der Waals surface area contributed by atoms with Crippen molar-refractivity contribution >= 4 is 21.1 Å². The van der Waals surface area contributed by atoms with Crippen molar-refractivity contribution in [3.8, 4) is 0 Å². The van der Waals surface area contributed by atoms with Crippen LogP contribution in [0.15, 0.2) is 36.8 Å². The Labute approximate surface area is 168 Å². The zero-order valence-corrected chi connectivity index (χ0v) is 17.2. The first kappa shape index (κ1) is 19.8. The van der Waals surface area contributed by atoms with Crippen LogP contribution >= 0.6 is 0 Å². The van der Waals surface area contributed by atoms with Crippen LogP contribution in [0.5, 0.6) is 0 Å². The number of rotatable bonds is 6. The maximum absolute atomic E-state index is 12.8. The first-order valence-corrected chi connectivity index (χ1v) is 11.3. The average Bonchev–Trinajstić information content (AvgIpc) is 3.27. The Kier molecular flexibility index (Phi) is 5.30. The molecule has 9 nitrogen and oxygen atoms in total. The number of oxazole rings is 1. The number of benzene rings is 1. The summed E-state index contributed by atoms with van der Waals surface area (Å²) in [5.41, 5.74) is 0.678. The van der Waals surface area contributed by atoms with Gasteiger partial charge in [0.05, 0.1) is 17.0 Å². The molecule has 3 aromatic rings. The number of nitrogens with zero attached hydrogens (tertiary/aromatic N) is 3. The standard InChI is InChI=1S/C19H24N4O5S/c1-3-18-20-17(21-28-18)11-23-15-9-8-14(10-16(15)27-19(23)24)29(25,26)22-13-6-4-12(2)5-7-13/h8-10,12-13,22H,3-7,11H2,1-2H3. The normalized spacial score (nSPS) is 20.3. The molecular weight excluding hydrogens is 396 g/mol. The lowest BCUT2D eigenvalue weighted by atomic mass is 9.88. The van der Waals surface area contributed by atoms with E-state index in [9.17, 15) is 13.2 Å². The largest absolute Gasteiger partial charge is 0.420 e. The summed E-state index contributed by atoms with van der Waals surface area (Å²) in [6.45, 7) is 4.16. The highest BCUT2D eigenvalue weighted by molar-refractivity contribution is 7.89. The van der Waals surface area contributed by atoms with Gasteiger partial charge in [-0.15, -0.1) is 0 Å². The molecule has 1 aliphatic rings. The van der Waals surface area contributed by atoms with Crippen molar-refractivity contribution < 1.29 is 17.4 Å². The van der Waals surface area contributed by atoms with E-state index in [1.54, 1.807) is 6.07 Å². The van der Waals surface area contributed by atoms with E-state index in [1.165, 1.54) is 16.7 Å². The second-order valence-corrected chi connectivity index (χ2v) is 9.33. The van der Waals surface area contributed by atoms with Crippen molar-refractivity contribution in [1.82, 2.24) is 19.4 Å². The molecule has 2 aromatic heterocycles. The molecule has 4 rings (SSSR count). The molecule has 0 spiro atoms. The van der Waals surface area contributed by atoms with Crippen LogP contribution in [0, 0.1) is 5.92 Å². The third kappa shape index (κ3) is 4.13. The van der Waals surface area contributed by atoms with Gasteiger partial charge < -0.3 is 8.94 Å². The molecule has 1 fully saturated rings. The summed E-state index contributed by atoms with van der Waals surface area (Å²) in [5.74, 6) is 0.870. The lowest BCUT2D eigenvalue weighted by molar-refractivity contribution is 0.332. The van der Waals surface area contributed by atoms with E-state index in [4.69, 9.17) is 8.94 Å². The Hall–Kier alpha value is -2.46. The Morgan fingerprint density at radius 2 is 2.00 bits per heavy atom. The van der Waals surface area contributed by atoms with E-state index in [2.05, 4.69) is 21.8 Å². The second-order valence-electron chi connectivity index (χ2n) is 7.62. The van der Waals surface area contributed by atoms with E-state index in [1.807, 2.05) is 6.92 Å². The van der Waals surface area contributed by atoms with Gasteiger partial charge in [0.1, 0.15) is 0 Å². The molecule has 29 heavy (non-hydrogen) atoms. The van der Waals surface area contributed by atoms with E-state index in [-0.39, 0.29) is 23.1 Å². The van der Waals surface area contributed by atoms with Gasteiger partial charge in [-0.3, -0.25) is 4.57 Å². The predicted molar refractivity (Wildman–Crippen MR) is 105 cm³/mol. The third-order valence-corrected chi connectivity index (χ3v) is 6.92. The number of fused-ring (bicyclic) bond motifs is 1. The molecule has 0 saturated heterocycles. The van der Waals surface area contributed by atoms with Gasteiger partial charge in [0.25, 0.3) is 0 Å². The van der Waals surface area contributed by atoms with Crippen molar-refractivity contribution in [1.29, 1.82) is 0 Å². The highest BCUT2D eigenvalue weighted by Crippen LogP contribution is 2.25. The van der Waals surface area contributed by atoms with E-state index in [0.717, 1.165) is 25.7 Å². The topological polar surface area (TPSA) is 120 Å². The SMILES string of the molecule is CCc1nc(Cn2c(=O)oc3cc(S(=O)(=O)NC4CCC(C)CC4)ccc32)no1. The molecule has 1 aromatic carbocycles. The molecule has 10 heteroatoms. The second kappa shape index (κ2) is 7.75. The fraction of sp³-hybridized carbons (Fsp3) is 0.526. The molecular formula is C19H24N4O5S. The van der Waals surface area contributed by atoms with Gasteiger partial charge in [0, 0.05) is 18.5 Å². The summed E-state index contributed by atoms with van der Waals surface area (Å²) >= 11 is 0. The summed E-state index contributed by atoms with van der Waals surface area (Å²) in [7, 11) is -3.69. The summed E-state index contributed by atoms with van der Waals surface area (Å²) in [6.07, 6.45) is 4.29. The van der Waals surface area contributed by atoms with Crippen molar-refractivity contribution in [3.05, 3.63) is 40.5 Å². The number of aromatic nitrogens is 3. The van der Waals surface area contributed by atoms with Gasteiger partial charge in [0.15, 0.2) is 11.4 Å². The fourth-order valence-corrected chi connectivity index (χ4v) is 4.99. The Morgan fingerprint density at radius 3 is 2.69 bits per heavy atom. The smallest absolute Gasteiger partial charge is 0.408 e. The van der Waals surface area contributed by atoms with Crippen molar-refractivity contribution in [2.45, 2.75) is 63.4 Å². The van der Waals surface area contributed by atoms with Crippen LogP contribution in [0.2, 0.25) is 0 Å². The van der Waals surface area contributed by atoms with Crippen LogP contribution < -0.4 is 10.5 Å². The lowest BCUT2D eigenvalue weighted by Crippen LogP contribution is -2.37. The highest BCUT2D eigenvalue weighted by atomic mass is 32.2. The maximum atomic E-state index is 12.8. The summed E-state index contributed by atoms with van der Waals surface area (Å²) < 4.78 is 40.0. The first-order chi connectivity index (χ1) is 13.9. The summed E-state index contributed by atoms with van der Waals surface area (Å²) in [5, 5.41) is 3.84. The molecule has 1 saturated carbocycles. The van der Waals surface area contributed by atoms with Gasteiger partial charge in [-0.25, -0.2) is 17.9 Å². The van der Waals surface area contributed by atoms with Gasteiger partial charge in [-0.05, 0) is 43.7 Å². The Bertz CT molecular complexity index is 1170. The molecule has 0 unspecified atom stereocenters. The van der Waals surface area contributed by atoms with E-state index >= 15 is 0 Å². The average molecular weight is 420 g/mol. The van der Waals surface area contributed by atoms with Crippen molar-refractivity contribution in [2.75, 3.05) is 0 Å². The molecule has 0 bridgehead atoms. The molecule has 2 heterocycles. The zero-order valence-electron chi connectivity index (χ0n) is 16.4. The predicted octanol–water partition coefficient (Wildman–Crippen LogP) is 2.45. The number of aryl methyl sites for hydroxylation is 1. The van der Waals surface area contributed by atoms with Crippen LogP contribution in [0.4, 0.5) is 0 Å². The highest BCUT2D eigenvalue weighted by Gasteiger charge is 2.25. The first-order valence-electron chi connectivity index (χ1n) is 9.83. The number of nitrogens with one attached hydrogen (secondary N) is 1. The molecule has 156 valence electrons. The van der Waals surface area contributed by atoms with Crippen molar-refractivity contribution in [2.24, 2.45) is 5.92 Å². The van der Waals surface area contributed by atoms with Crippen LogP contribution in [0.1, 0.15) is 51.2 Å². The van der Waals surface area contributed by atoms with Crippen LogP contribution in [-0.4, -0.2) is 29.2 Å². The Balaban J connectivity index is 1.59. The lowest BCUT2D eigenvalue weighted by Gasteiger charge is -2.26. The summed E-state index contributed by atoms with van der Waals surface area (Å²) in [6, 6.07) is 4.37. The fourth-order valence-electron chi connectivity index (χ4n) is 3.67. The molecule has 0 radical (unpaired) electrons. The molecule has 0 atom stereocenters. The minimum atomic E-state index is -3.69. The molecule has 1 N–H and O–H groups in total. The van der Waals surface area contributed by atoms with Gasteiger partial charge in [-0.1, -0.05) is 19.0 Å². The third-order valence-electron chi connectivity index (χ3n) is 5.40. The minimum Gasteiger partial charge on any atom is -0.408 e. The number of hydrogen-bond donors (Lipinski definition) is 1. The molecule has 0 amide bonds. The molecule has 0 aliphatic heterocycles. The number of hydrogen-bond acceptors (Lipinski definition) is 7.